The minimum absolute atomic E-state index is 0.273. The first-order valence-electron chi connectivity index (χ1n) is 12.7. The third-order valence-corrected chi connectivity index (χ3v) is 8.10. The highest BCUT2D eigenvalue weighted by atomic mass is 35.5. The normalized spacial score (nSPS) is 15.9. The lowest BCUT2D eigenvalue weighted by Crippen LogP contribution is -2.35. The van der Waals surface area contributed by atoms with Gasteiger partial charge in [0.25, 0.3) is 5.56 Å². The molecule has 1 N–H and O–H groups in total. The van der Waals surface area contributed by atoms with Gasteiger partial charge in [-0.25, -0.2) is 9.97 Å². The van der Waals surface area contributed by atoms with Gasteiger partial charge in [-0.3, -0.25) is 9.78 Å². The predicted octanol–water partition coefficient (Wildman–Crippen LogP) is 5.77. The summed E-state index contributed by atoms with van der Waals surface area (Å²) in [6, 6.07) is 17.0. The van der Waals surface area contributed by atoms with E-state index in [2.05, 4.69) is 50.5 Å². The number of anilines is 2. The fourth-order valence-electron chi connectivity index (χ4n) is 5.58. The number of rotatable bonds is 4. The first kappa shape index (κ1) is 24.2. The molecule has 4 heterocycles. The van der Waals surface area contributed by atoms with E-state index < -0.39 is 5.56 Å². The van der Waals surface area contributed by atoms with E-state index in [4.69, 9.17) is 28.2 Å². The van der Waals surface area contributed by atoms with Crippen molar-refractivity contribution in [3.63, 3.8) is 0 Å². The Bertz CT molecular complexity index is 1800. The molecule has 1 aliphatic heterocycles. The summed E-state index contributed by atoms with van der Waals surface area (Å²) in [7, 11) is 2.17. The Kier molecular flexibility index (Phi) is 5.66. The molecule has 0 atom stereocenters. The fraction of sp³-hybridized carbons (Fsp3) is 0.207. The van der Waals surface area contributed by atoms with Gasteiger partial charge in [-0.1, -0.05) is 41.4 Å². The number of fused-ring (bicyclic) bond motifs is 3. The summed E-state index contributed by atoms with van der Waals surface area (Å²) in [5.41, 5.74) is 5.18. The Morgan fingerprint density at radius 2 is 1.82 bits per heavy atom. The average molecular weight is 556 g/mol. The quantitative estimate of drug-likeness (QED) is 0.301. The van der Waals surface area contributed by atoms with Gasteiger partial charge in [-0.05, 0) is 67.4 Å². The van der Waals surface area contributed by atoms with E-state index in [0.29, 0.717) is 44.0 Å². The van der Waals surface area contributed by atoms with E-state index in [-0.39, 0.29) is 5.39 Å². The van der Waals surface area contributed by atoms with Crippen LogP contribution in [0, 0.1) is 0 Å². The number of likely N-dealkylation sites (N-methyl/N-ethyl adjacent to an activating group) is 1. The Balaban J connectivity index is 1.35. The molecule has 2 aromatic carbocycles. The predicted molar refractivity (Wildman–Crippen MR) is 153 cm³/mol. The van der Waals surface area contributed by atoms with Crippen LogP contribution >= 0.6 is 23.2 Å². The van der Waals surface area contributed by atoms with Crippen molar-refractivity contribution in [3.8, 4) is 17.1 Å². The third kappa shape index (κ3) is 4.16. The van der Waals surface area contributed by atoms with Crippen LogP contribution in [0.15, 0.2) is 71.8 Å². The Morgan fingerprint density at radius 3 is 2.56 bits per heavy atom. The number of hydrogen-bond donors (Lipinski definition) is 1. The molecule has 1 fully saturated rings. The van der Waals surface area contributed by atoms with Gasteiger partial charge in [0.05, 0.1) is 21.1 Å². The fourth-order valence-corrected chi connectivity index (χ4v) is 6.14. The number of nitrogens with zero attached hydrogens (tertiary/aromatic N) is 6. The van der Waals surface area contributed by atoms with Gasteiger partial charge in [0.1, 0.15) is 16.9 Å². The van der Waals surface area contributed by atoms with Crippen molar-refractivity contribution in [3.05, 3.63) is 98.5 Å². The lowest BCUT2D eigenvalue weighted by molar-refractivity contribution is 0.271. The van der Waals surface area contributed by atoms with Crippen LogP contribution < -0.4 is 10.9 Å². The van der Waals surface area contributed by atoms with Crippen LogP contribution in [-0.2, 0) is 12.0 Å². The highest BCUT2D eigenvalue weighted by Crippen LogP contribution is 2.52. The van der Waals surface area contributed by atoms with Gasteiger partial charge in [0.15, 0.2) is 0 Å². The van der Waals surface area contributed by atoms with Crippen molar-refractivity contribution in [2.45, 2.75) is 24.8 Å². The van der Waals surface area contributed by atoms with Gasteiger partial charge in [-0.2, -0.15) is 9.78 Å². The van der Waals surface area contributed by atoms with Crippen molar-refractivity contribution in [1.29, 1.82) is 0 Å². The molecule has 0 saturated heterocycles. The smallest absolute Gasteiger partial charge is 0.282 e. The van der Waals surface area contributed by atoms with Gasteiger partial charge in [-0.15, -0.1) is 0 Å². The van der Waals surface area contributed by atoms with Crippen LogP contribution in [0.1, 0.15) is 24.0 Å². The lowest BCUT2D eigenvalue weighted by atomic mass is 9.87. The number of aromatic nitrogens is 5. The summed E-state index contributed by atoms with van der Waals surface area (Å²) in [4.78, 5) is 29.7. The van der Waals surface area contributed by atoms with Gasteiger partial charge in [0.2, 0.25) is 5.95 Å². The van der Waals surface area contributed by atoms with Crippen LogP contribution in [-0.4, -0.2) is 43.2 Å². The van der Waals surface area contributed by atoms with Crippen LogP contribution in [0.2, 0.25) is 10.0 Å². The SMILES string of the molecule is CN1Cc2cc(Nc3ncc4c(=O)n(-c5c(Cl)cccc5Cl)nc(-c5ccccn5)c4n3)ccc2C2(CC2)C1. The molecule has 1 saturated carbocycles. The van der Waals surface area contributed by atoms with E-state index in [1.165, 1.54) is 34.8 Å². The number of hydrogen-bond acceptors (Lipinski definition) is 7. The second-order valence-corrected chi connectivity index (χ2v) is 11.1. The number of para-hydroxylation sites is 1. The number of nitrogens with one attached hydrogen (secondary N) is 1. The molecule has 39 heavy (non-hydrogen) atoms. The van der Waals surface area contributed by atoms with Gasteiger partial charge < -0.3 is 10.2 Å². The molecule has 194 valence electrons. The molecule has 1 spiro atoms. The molecule has 0 bridgehead atoms. The summed E-state index contributed by atoms with van der Waals surface area (Å²) < 4.78 is 1.20. The Hall–Kier alpha value is -3.85. The first-order valence-corrected chi connectivity index (χ1v) is 13.4. The molecule has 3 aromatic heterocycles. The van der Waals surface area contributed by atoms with Crippen molar-refractivity contribution < 1.29 is 0 Å². The summed E-state index contributed by atoms with van der Waals surface area (Å²) in [5.74, 6) is 0.361. The zero-order chi connectivity index (χ0) is 26.7. The summed E-state index contributed by atoms with van der Waals surface area (Å²) in [5, 5.41) is 8.85. The van der Waals surface area contributed by atoms with Crippen LogP contribution in [0.4, 0.5) is 11.6 Å². The van der Waals surface area contributed by atoms with Crippen molar-refractivity contribution >= 4 is 45.7 Å². The molecule has 7 rings (SSSR count). The maximum Gasteiger partial charge on any atom is 0.282 e. The molecule has 5 aromatic rings. The summed E-state index contributed by atoms with van der Waals surface area (Å²) >= 11 is 12.9. The first-order chi connectivity index (χ1) is 18.9. The molecule has 1 aliphatic carbocycles. The molecule has 2 aliphatic rings. The van der Waals surface area contributed by atoms with Crippen LogP contribution in [0.3, 0.4) is 0 Å². The Labute approximate surface area is 234 Å². The highest BCUT2D eigenvalue weighted by Gasteiger charge is 2.48. The third-order valence-electron chi connectivity index (χ3n) is 7.49. The number of halogens is 2. The van der Waals surface area contributed by atoms with E-state index >= 15 is 0 Å². The van der Waals surface area contributed by atoms with Gasteiger partial charge in [0, 0.05) is 36.6 Å². The minimum Gasteiger partial charge on any atom is -0.324 e. The summed E-state index contributed by atoms with van der Waals surface area (Å²) in [6.45, 7) is 2.02. The van der Waals surface area contributed by atoms with Crippen LogP contribution in [0.5, 0.6) is 0 Å². The maximum absolute atomic E-state index is 13.6. The lowest BCUT2D eigenvalue weighted by Gasteiger charge is -2.32. The maximum atomic E-state index is 13.6. The highest BCUT2D eigenvalue weighted by molar-refractivity contribution is 6.37. The number of pyridine rings is 1. The monoisotopic (exact) mass is 555 g/mol. The Morgan fingerprint density at radius 1 is 1.00 bits per heavy atom. The molecule has 10 heteroatoms. The van der Waals surface area contributed by atoms with Crippen molar-refractivity contribution in [1.82, 2.24) is 29.6 Å². The van der Waals surface area contributed by atoms with E-state index in [1.54, 1.807) is 24.4 Å². The molecular formula is C29H23Cl2N7O. The average Bonchev–Trinajstić information content (AvgIpc) is 3.69. The van der Waals surface area contributed by atoms with Gasteiger partial charge >= 0.3 is 0 Å². The van der Waals surface area contributed by atoms with E-state index in [9.17, 15) is 4.79 Å². The van der Waals surface area contributed by atoms with E-state index in [1.807, 2.05) is 18.2 Å². The minimum atomic E-state index is -0.433. The number of benzene rings is 2. The largest absolute Gasteiger partial charge is 0.324 e. The molecule has 0 radical (unpaired) electrons. The standard InChI is InChI=1S/C29H23Cl2N7O/c1-37-15-17-13-18(8-9-20(17)29(16-37)10-11-29)34-28-33-14-19-24(35-28)25(23-7-2-3-12-32-23)36-38(27(19)39)26-21(30)5-4-6-22(26)31/h2-9,12-14H,10-11,15-16H2,1H3,(H,33,34,35). The molecule has 0 amide bonds. The molecular weight excluding hydrogens is 533 g/mol. The second kappa shape index (κ2) is 9.12. The summed E-state index contributed by atoms with van der Waals surface area (Å²) in [6.07, 6.45) is 5.65. The molecule has 8 nitrogen and oxygen atoms in total. The second-order valence-electron chi connectivity index (χ2n) is 10.3. The zero-order valence-electron chi connectivity index (χ0n) is 21.0. The van der Waals surface area contributed by atoms with E-state index in [0.717, 1.165) is 18.8 Å². The molecule has 0 unspecified atom stereocenters. The van der Waals surface area contributed by atoms with Crippen LogP contribution in [0.25, 0.3) is 28.0 Å². The topological polar surface area (TPSA) is 88.8 Å². The van der Waals surface area contributed by atoms with Crippen molar-refractivity contribution in [2.75, 3.05) is 18.9 Å². The van der Waals surface area contributed by atoms with Crippen molar-refractivity contribution in [2.24, 2.45) is 0 Å². The zero-order valence-corrected chi connectivity index (χ0v) is 22.5.